The van der Waals surface area contributed by atoms with E-state index >= 15 is 0 Å². The highest BCUT2D eigenvalue weighted by molar-refractivity contribution is 5.73. The average molecular weight is 300 g/mol. The molecule has 0 amide bonds. The van der Waals surface area contributed by atoms with E-state index in [1.54, 1.807) is 0 Å². The first-order chi connectivity index (χ1) is 10.2. The second-order valence-electron chi connectivity index (χ2n) is 5.90. The van der Waals surface area contributed by atoms with Crippen LogP contribution in [0.5, 0.6) is 0 Å². The van der Waals surface area contributed by atoms with Crippen LogP contribution in [0, 0.1) is 5.92 Å². The van der Waals surface area contributed by atoms with Crippen molar-refractivity contribution in [1.29, 1.82) is 0 Å². The molecule has 0 fully saturated rings. The van der Waals surface area contributed by atoms with Crippen molar-refractivity contribution in [3.05, 3.63) is 0 Å². The van der Waals surface area contributed by atoms with E-state index in [-0.39, 0.29) is 17.9 Å². The van der Waals surface area contributed by atoms with E-state index in [1.807, 2.05) is 6.92 Å². The van der Waals surface area contributed by atoms with Gasteiger partial charge in [0.1, 0.15) is 0 Å². The van der Waals surface area contributed by atoms with Crippen LogP contribution < -0.4 is 11.5 Å². The molecule has 0 aromatic heterocycles. The third-order valence-electron chi connectivity index (χ3n) is 3.99. The summed E-state index contributed by atoms with van der Waals surface area (Å²) in [5.41, 5.74) is 11.6. The zero-order valence-electron chi connectivity index (χ0n) is 14.1. The molecule has 0 aromatic carbocycles. The van der Waals surface area contributed by atoms with Gasteiger partial charge < -0.3 is 16.2 Å². The Morgan fingerprint density at radius 3 is 2.29 bits per heavy atom. The van der Waals surface area contributed by atoms with Gasteiger partial charge in [0.2, 0.25) is 0 Å². The van der Waals surface area contributed by atoms with Crippen LogP contribution >= 0.6 is 0 Å². The summed E-state index contributed by atoms with van der Waals surface area (Å²) in [6.07, 6.45) is 10.6. The zero-order chi connectivity index (χ0) is 15.9. The van der Waals surface area contributed by atoms with Gasteiger partial charge in [-0.25, -0.2) is 0 Å². The minimum atomic E-state index is -0.154. The summed E-state index contributed by atoms with van der Waals surface area (Å²) in [6.45, 7) is 5.47. The molecule has 2 unspecified atom stereocenters. The molecule has 0 saturated heterocycles. The standard InChI is InChI=1S/C17H36N2O2/c1-3-5-6-7-11-14-21-17(20)15(4-2)16(19)12-9-8-10-13-18/h15-16H,3-14,18-19H2,1-2H3. The molecule has 0 aliphatic heterocycles. The number of hydrogen-bond acceptors (Lipinski definition) is 4. The maximum absolute atomic E-state index is 12.1. The van der Waals surface area contributed by atoms with Crippen LogP contribution in [0.15, 0.2) is 0 Å². The van der Waals surface area contributed by atoms with E-state index in [1.165, 1.54) is 19.3 Å². The van der Waals surface area contributed by atoms with Gasteiger partial charge >= 0.3 is 5.97 Å². The number of carbonyl (C=O) groups is 1. The molecule has 4 heteroatoms. The van der Waals surface area contributed by atoms with Crippen molar-refractivity contribution in [2.45, 2.75) is 84.1 Å². The number of ether oxygens (including phenoxy) is 1. The van der Waals surface area contributed by atoms with Gasteiger partial charge in [0.25, 0.3) is 0 Å². The van der Waals surface area contributed by atoms with Crippen LogP contribution in [0.25, 0.3) is 0 Å². The molecule has 4 N–H and O–H groups in total. The van der Waals surface area contributed by atoms with Crippen LogP contribution in [0.3, 0.4) is 0 Å². The van der Waals surface area contributed by atoms with Gasteiger partial charge in [-0.3, -0.25) is 4.79 Å². The second-order valence-corrected chi connectivity index (χ2v) is 5.90. The summed E-state index contributed by atoms with van der Waals surface area (Å²) in [4.78, 5) is 12.1. The van der Waals surface area contributed by atoms with E-state index in [9.17, 15) is 4.79 Å². The maximum Gasteiger partial charge on any atom is 0.310 e. The predicted molar refractivity (Wildman–Crippen MR) is 89.0 cm³/mol. The number of esters is 1. The lowest BCUT2D eigenvalue weighted by Gasteiger charge is -2.21. The molecule has 0 aromatic rings. The van der Waals surface area contributed by atoms with Crippen molar-refractivity contribution in [1.82, 2.24) is 0 Å². The summed E-state index contributed by atoms with van der Waals surface area (Å²) >= 11 is 0. The Hall–Kier alpha value is -0.610. The molecular weight excluding hydrogens is 264 g/mol. The quantitative estimate of drug-likeness (QED) is 0.381. The minimum absolute atomic E-state index is 0.0830. The highest BCUT2D eigenvalue weighted by Gasteiger charge is 2.24. The molecule has 0 heterocycles. The molecule has 0 rings (SSSR count). The Morgan fingerprint density at radius 1 is 1.00 bits per heavy atom. The Morgan fingerprint density at radius 2 is 1.67 bits per heavy atom. The highest BCUT2D eigenvalue weighted by Crippen LogP contribution is 2.15. The van der Waals surface area contributed by atoms with Gasteiger partial charge in [0, 0.05) is 6.04 Å². The SMILES string of the molecule is CCCCCCCOC(=O)C(CC)C(N)CCCCCN. The van der Waals surface area contributed by atoms with Crippen LogP contribution in [-0.4, -0.2) is 25.2 Å². The molecule has 0 aliphatic rings. The molecule has 0 spiro atoms. The number of rotatable bonds is 14. The fourth-order valence-electron chi connectivity index (χ4n) is 2.53. The highest BCUT2D eigenvalue weighted by atomic mass is 16.5. The lowest BCUT2D eigenvalue weighted by molar-refractivity contribution is -0.149. The van der Waals surface area contributed by atoms with Gasteiger partial charge in [-0.1, -0.05) is 52.4 Å². The van der Waals surface area contributed by atoms with Gasteiger partial charge in [0.15, 0.2) is 0 Å². The second kappa shape index (κ2) is 14.3. The normalized spacial score (nSPS) is 13.9. The van der Waals surface area contributed by atoms with Crippen molar-refractivity contribution in [3.63, 3.8) is 0 Å². The summed E-state index contributed by atoms with van der Waals surface area (Å²) in [5, 5.41) is 0. The Kier molecular flexibility index (Phi) is 13.9. The minimum Gasteiger partial charge on any atom is -0.465 e. The maximum atomic E-state index is 12.1. The van der Waals surface area contributed by atoms with Crippen LogP contribution in [0.4, 0.5) is 0 Å². The van der Waals surface area contributed by atoms with E-state index in [0.29, 0.717) is 6.61 Å². The number of unbranched alkanes of at least 4 members (excludes halogenated alkanes) is 6. The molecule has 0 radical (unpaired) electrons. The van der Waals surface area contributed by atoms with Crippen LogP contribution in [0.1, 0.15) is 78.1 Å². The third-order valence-corrected chi connectivity index (χ3v) is 3.99. The van der Waals surface area contributed by atoms with Crippen molar-refractivity contribution in [2.75, 3.05) is 13.2 Å². The topological polar surface area (TPSA) is 78.3 Å². The van der Waals surface area contributed by atoms with E-state index in [2.05, 4.69) is 6.92 Å². The smallest absolute Gasteiger partial charge is 0.310 e. The van der Waals surface area contributed by atoms with Gasteiger partial charge in [-0.2, -0.15) is 0 Å². The molecule has 0 saturated carbocycles. The summed E-state index contributed by atoms with van der Waals surface area (Å²) in [6, 6.07) is -0.0830. The summed E-state index contributed by atoms with van der Waals surface area (Å²) < 4.78 is 5.38. The van der Waals surface area contributed by atoms with Crippen molar-refractivity contribution in [3.8, 4) is 0 Å². The Bertz CT molecular complexity index is 247. The molecule has 2 atom stereocenters. The molecule has 0 aliphatic carbocycles. The van der Waals surface area contributed by atoms with E-state index in [4.69, 9.17) is 16.2 Å². The Labute approximate surface area is 131 Å². The fraction of sp³-hybridized carbons (Fsp3) is 0.941. The largest absolute Gasteiger partial charge is 0.465 e. The third kappa shape index (κ3) is 10.7. The Balaban J connectivity index is 3.83. The van der Waals surface area contributed by atoms with E-state index < -0.39 is 0 Å². The van der Waals surface area contributed by atoms with Crippen molar-refractivity contribution >= 4 is 5.97 Å². The number of nitrogens with two attached hydrogens (primary N) is 2. The fourth-order valence-corrected chi connectivity index (χ4v) is 2.53. The zero-order valence-corrected chi connectivity index (χ0v) is 14.1. The van der Waals surface area contributed by atoms with Crippen molar-refractivity contribution < 1.29 is 9.53 Å². The molecule has 0 bridgehead atoms. The van der Waals surface area contributed by atoms with Crippen LogP contribution in [-0.2, 0) is 9.53 Å². The number of carbonyl (C=O) groups excluding carboxylic acids is 1. The molecule has 21 heavy (non-hydrogen) atoms. The molecule has 126 valence electrons. The van der Waals surface area contributed by atoms with Crippen LogP contribution in [0.2, 0.25) is 0 Å². The van der Waals surface area contributed by atoms with Gasteiger partial charge in [-0.15, -0.1) is 0 Å². The monoisotopic (exact) mass is 300 g/mol. The number of hydrogen-bond donors (Lipinski definition) is 2. The first-order valence-electron chi connectivity index (χ1n) is 8.79. The lowest BCUT2D eigenvalue weighted by atomic mass is 9.93. The molecular formula is C17H36N2O2. The summed E-state index contributed by atoms with van der Waals surface area (Å²) in [7, 11) is 0. The van der Waals surface area contributed by atoms with Crippen molar-refractivity contribution in [2.24, 2.45) is 17.4 Å². The average Bonchev–Trinajstić information content (AvgIpc) is 2.48. The first kappa shape index (κ1) is 20.4. The summed E-state index contributed by atoms with van der Waals surface area (Å²) in [5.74, 6) is -0.266. The van der Waals surface area contributed by atoms with E-state index in [0.717, 1.165) is 51.5 Å². The molecule has 4 nitrogen and oxygen atoms in total. The predicted octanol–water partition coefficient (Wildman–Crippen LogP) is 3.37. The first-order valence-corrected chi connectivity index (χ1v) is 8.79. The van der Waals surface area contributed by atoms with Gasteiger partial charge in [-0.05, 0) is 32.2 Å². The van der Waals surface area contributed by atoms with Gasteiger partial charge in [0.05, 0.1) is 12.5 Å². The lowest BCUT2D eigenvalue weighted by Crippen LogP contribution is -2.36.